The van der Waals surface area contributed by atoms with Crippen LogP contribution in [0.5, 0.6) is 5.75 Å². The Morgan fingerprint density at radius 2 is 1.81 bits per heavy atom. The molecule has 26 heavy (non-hydrogen) atoms. The summed E-state index contributed by atoms with van der Waals surface area (Å²) in [6, 6.07) is 21.8. The number of hydrogen-bond acceptors (Lipinski definition) is 3. The predicted octanol–water partition coefficient (Wildman–Crippen LogP) is 4.51. The molecule has 4 rings (SSSR count). The maximum Gasteiger partial charge on any atom is 0.226 e. The Balaban J connectivity index is 1.29. The monoisotopic (exact) mass is 345 g/mol. The molecule has 5 nitrogen and oxygen atoms in total. The van der Waals surface area contributed by atoms with E-state index in [0.717, 1.165) is 27.6 Å². The molecule has 0 radical (unpaired) electrons. The molecule has 3 aromatic carbocycles. The largest absolute Gasteiger partial charge is 0.493 e. The summed E-state index contributed by atoms with van der Waals surface area (Å²) in [5.41, 5.74) is 1.74. The van der Waals surface area contributed by atoms with Gasteiger partial charge in [-0.1, -0.05) is 48.5 Å². The minimum Gasteiger partial charge on any atom is -0.493 e. The highest BCUT2D eigenvalue weighted by molar-refractivity contribution is 5.91. The molecule has 0 aliphatic carbocycles. The van der Waals surface area contributed by atoms with Crippen LogP contribution in [0.25, 0.3) is 21.8 Å². The van der Waals surface area contributed by atoms with E-state index >= 15 is 0 Å². The highest BCUT2D eigenvalue weighted by Gasteiger charge is 2.07. The summed E-state index contributed by atoms with van der Waals surface area (Å²) in [6.45, 7) is 0.488. The number of hydrogen-bond donors (Lipinski definition) is 2. The molecule has 0 fully saturated rings. The molecular weight excluding hydrogens is 326 g/mol. The van der Waals surface area contributed by atoms with E-state index in [0.29, 0.717) is 25.4 Å². The van der Waals surface area contributed by atoms with E-state index in [1.165, 1.54) is 0 Å². The molecule has 5 heteroatoms. The minimum atomic E-state index is -0.0782. The number of aromatic nitrogens is 2. The summed E-state index contributed by atoms with van der Waals surface area (Å²) in [5.74, 6) is 1.25. The van der Waals surface area contributed by atoms with Crippen molar-refractivity contribution >= 4 is 33.7 Å². The van der Waals surface area contributed by atoms with Crippen LogP contribution in [0.4, 0.5) is 5.95 Å². The number of amides is 1. The zero-order chi connectivity index (χ0) is 17.8. The molecule has 0 aliphatic rings. The highest BCUT2D eigenvalue weighted by Crippen LogP contribution is 2.25. The molecule has 0 spiro atoms. The second kappa shape index (κ2) is 7.27. The third-order valence-electron chi connectivity index (χ3n) is 4.20. The maximum atomic E-state index is 12.1. The zero-order valence-corrected chi connectivity index (χ0v) is 14.2. The van der Waals surface area contributed by atoms with Crippen LogP contribution >= 0.6 is 0 Å². The Kier molecular flexibility index (Phi) is 4.51. The van der Waals surface area contributed by atoms with E-state index < -0.39 is 0 Å². The Morgan fingerprint density at radius 1 is 1.00 bits per heavy atom. The number of benzene rings is 3. The fraction of sp³-hybridized carbons (Fsp3) is 0.143. The Morgan fingerprint density at radius 3 is 2.73 bits per heavy atom. The van der Waals surface area contributed by atoms with Crippen molar-refractivity contribution in [1.82, 2.24) is 9.97 Å². The summed E-state index contributed by atoms with van der Waals surface area (Å²) in [4.78, 5) is 19.5. The fourth-order valence-electron chi connectivity index (χ4n) is 2.94. The van der Waals surface area contributed by atoms with Crippen LogP contribution in [-0.4, -0.2) is 22.5 Å². The molecule has 4 aromatic rings. The molecule has 0 unspecified atom stereocenters. The van der Waals surface area contributed by atoms with Gasteiger partial charge in [-0.15, -0.1) is 0 Å². The lowest BCUT2D eigenvalue weighted by Gasteiger charge is -2.09. The van der Waals surface area contributed by atoms with Gasteiger partial charge in [-0.05, 0) is 30.0 Å². The van der Waals surface area contributed by atoms with Crippen LogP contribution in [0.15, 0.2) is 66.7 Å². The summed E-state index contributed by atoms with van der Waals surface area (Å²) >= 11 is 0. The number of rotatable bonds is 6. The van der Waals surface area contributed by atoms with Crippen molar-refractivity contribution in [3.05, 3.63) is 66.7 Å². The van der Waals surface area contributed by atoms with Crippen molar-refractivity contribution in [3.8, 4) is 5.75 Å². The molecule has 0 aliphatic heterocycles. The second-order valence-electron chi connectivity index (χ2n) is 6.08. The summed E-state index contributed by atoms with van der Waals surface area (Å²) in [5, 5.41) is 5.03. The van der Waals surface area contributed by atoms with Crippen molar-refractivity contribution in [2.45, 2.75) is 12.8 Å². The van der Waals surface area contributed by atoms with Gasteiger partial charge in [0.15, 0.2) is 0 Å². The number of imidazole rings is 1. The van der Waals surface area contributed by atoms with Gasteiger partial charge in [-0.2, -0.15) is 0 Å². The lowest BCUT2D eigenvalue weighted by Crippen LogP contribution is -2.13. The van der Waals surface area contributed by atoms with E-state index in [-0.39, 0.29) is 5.91 Å². The number of H-pyrrole nitrogens is 1. The van der Waals surface area contributed by atoms with E-state index in [1.807, 2.05) is 54.6 Å². The maximum absolute atomic E-state index is 12.1. The molecular formula is C21H19N3O2. The van der Waals surface area contributed by atoms with Gasteiger partial charge in [-0.3, -0.25) is 10.1 Å². The lowest BCUT2D eigenvalue weighted by molar-refractivity contribution is -0.116. The van der Waals surface area contributed by atoms with Gasteiger partial charge in [0.25, 0.3) is 0 Å². The van der Waals surface area contributed by atoms with Gasteiger partial charge in [0.1, 0.15) is 5.75 Å². The highest BCUT2D eigenvalue weighted by atomic mass is 16.5. The van der Waals surface area contributed by atoms with Crippen molar-refractivity contribution < 1.29 is 9.53 Å². The second-order valence-corrected chi connectivity index (χ2v) is 6.08. The smallest absolute Gasteiger partial charge is 0.226 e. The van der Waals surface area contributed by atoms with E-state index in [9.17, 15) is 4.79 Å². The average Bonchev–Trinajstić information content (AvgIpc) is 3.07. The Hall–Kier alpha value is -3.34. The number of fused-ring (bicyclic) bond motifs is 2. The van der Waals surface area contributed by atoms with Gasteiger partial charge < -0.3 is 9.72 Å². The number of aromatic amines is 1. The van der Waals surface area contributed by atoms with E-state index in [4.69, 9.17) is 4.74 Å². The number of carbonyl (C=O) groups is 1. The molecule has 0 saturated heterocycles. The van der Waals surface area contributed by atoms with Crippen LogP contribution in [0.3, 0.4) is 0 Å². The molecule has 1 heterocycles. The standard InChI is InChI=1S/C21H19N3O2/c25-20(24-21-22-17-10-3-4-11-18(17)23-21)13-6-14-26-19-12-5-8-15-7-1-2-9-16(15)19/h1-5,7-12H,6,13-14H2,(H2,22,23,24,25). The van der Waals surface area contributed by atoms with Crippen LogP contribution in [0, 0.1) is 0 Å². The summed E-state index contributed by atoms with van der Waals surface area (Å²) < 4.78 is 5.86. The third kappa shape index (κ3) is 3.52. The van der Waals surface area contributed by atoms with Crippen LogP contribution in [0.1, 0.15) is 12.8 Å². The first-order valence-corrected chi connectivity index (χ1v) is 8.65. The number of carbonyl (C=O) groups excluding carboxylic acids is 1. The van der Waals surface area contributed by atoms with E-state index in [1.54, 1.807) is 0 Å². The number of anilines is 1. The topological polar surface area (TPSA) is 67.0 Å². The van der Waals surface area contributed by atoms with Crippen LogP contribution < -0.4 is 10.1 Å². The molecule has 130 valence electrons. The van der Waals surface area contributed by atoms with Crippen molar-refractivity contribution in [2.24, 2.45) is 0 Å². The van der Waals surface area contributed by atoms with Crippen LogP contribution in [0.2, 0.25) is 0 Å². The summed E-state index contributed by atoms with van der Waals surface area (Å²) in [6.07, 6.45) is 1.01. The van der Waals surface area contributed by atoms with Gasteiger partial charge in [0, 0.05) is 11.8 Å². The molecule has 2 N–H and O–H groups in total. The fourth-order valence-corrected chi connectivity index (χ4v) is 2.94. The van der Waals surface area contributed by atoms with E-state index in [2.05, 4.69) is 27.4 Å². The van der Waals surface area contributed by atoms with Gasteiger partial charge >= 0.3 is 0 Å². The number of nitrogens with zero attached hydrogens (tertiary/aromatic N) is 1. The van der Waals surface area contributed by atoms with Gasteiger partial charge in [-0.25, -0.2) is 4.98 Å². The molecule has 0 bridgehead atoms. The number of ether oxygens (including phenoxy) is 1. The predicted molar refractivity (Wildman–Crippen MR) is 103 cm³/mol. The van der Waals surface area contributed by atoms with Gasteiger partial charge in [0.2, 0.25) is 11.9 Å². The molecule has 1 aromatic heterocycles. The summed E-state index contributed by atoms with van der Waals surface area (Å²) in [7, 11) is 0. The number of para-hydroxylation sites is 2. The molecule has 0 atom stereocenters. The van der Waals surface area contributed by atoms with Crippen molar-refractivity contribution in [3.63, 3.8) is 0 Å². The first-order valence-electron chi connectivity index (χ1n) is 8.65. The normalized spacial score (nSPS) is 10.9. The Labute approximate surface area is 151 Å². The van der Waals surface area contributed by atoms with Crippen LogP contribution in [-0.2, 0) is 4.79 Å². The van der Waals surface area contributed by atoms with Gasteiger partial charge in [0.05, 0.1) is 17.6 Å². The lowest BCUT2D eigenvalue weighted by atomic mass is 10.1. The third-order valence-corrected chi connectivity index (χ3v) is 4.20. The van der Waals surface area contributed by atoms with Crippen molar-refractivity contribution in [2.75, 3.05) is 11.9 Å². The Bertz CT molecular complexity index is 1020. The SMILES string of the molecule is O=C(CCCOc1cccc2ccccc12)Nc1nc2ccccc2[nH]1. The number of nitrogens with one attached hydrogen (secondary N) is 2. The molecule has 0 saturated carbocycles. The first-order chi connectivity index (χ1) is 12.8. The minimum absolute atomic E-state index is 0.0782. The van der Waals surface area contributed by atoms with Crippen molar-refractivity contribution in [1.29, 1.82) is 0 Å². The quantitative estimate of drug-likeness (QED) is 0.505. The molecule has 1 amide bonds. The zero-order valence-electron chi connectivity index (χ0n) is 14.2. The average molecular weight is 345 g/mol. The first kappa shape index (κ1) is 16.1.